The fourth-order valence-corrected chi connectivity index (χ4v) is 4.06. The first-order valence-electron chi connectivity index (χ1n) is 9.47. The topological polar surface area (TPSA) is 55.0 Å². The summed E-state index contributed by atoms with van der Waals surface area (Å²) in [7, 11) is 0. The van der Waals surface area contributed by atoms with Crippen LogP contribution < -0.4 is 0 Å². The Morgan fingerprint density at radius 2 is 1.71 bits per heavy atom. The van der Waals surface area contributed by atoms with Crippen molar-refractivity contribution in [3.63, 3.8) is 0 Å². The van der Waals surface area contributed by atoms with Crippen molar-refractivity contribution >= 4 is 29.7 Å². The maximum atomic E-state index is 14.8. The van der Waals surface area contributed by atoms with Gasteiger partial charge < -0.3 is 9.72 Å². The molecule has 0 amide bonds. The number of nitrogens with one attached hydrogen (secondary N) is 1. The average molecular weight is 455 g/mol. The first kappa shape index (κ1) is 21.1. The molecule has 2 atom stereocenters. The van der Waals surface area contributed by atoms with E-state index in [2.05, 4.69) is 9.97 Å². The van der Waals surface area contributed by atoms with Gasteiger partial charge in [-0.3, -0.25) is 4.79 Å². The summed E-state index contributed by atoms with van der Waals surface area (Å²) in [6.07, 6.45) is 0.747. The molecule has 4 rings (SSSR count). The van der Waals surface area contributed by atoms with Gasteiger partial charge in [0.05, 0.1) is 28.7 Å². The van der Waals surface area contributed by atoms with E-state index in [-0.39, 0.29) is 10.6 Å². The van der Waals surface area contributed by atoms with E-state index in [0.29, 0.717) is 28.4 Å². The van der Waals surface area contributed by atoms with E-state index < -0.39 is 17.8 Å². The molecule has 0 radical (unpaired) electrons. The van der Waals surface area contributed by atoms with Crippen LogP contribution in [-0.4, -0.2) is 16.4 Å². The number of aromatic nitrogens is 2. The van der Waals surface area contributed by atoms with Gasteiger partial charge in [0.15, 0.2) is 5.82 Å². The summed E-state index contributed by atoms with van der Waals surface area (Å²) in [5.41, 5.74) is 2.76. The molecule has 2 unspecified atom stereocenters. The highest BCUT2D eigenvalue weighted by molar-refractivity contribution is 6.31. The van der Waals surface area contributed by atoms with Gasteiger partial charge >= 0.3 is 0 Å². The molecule has 7 heteroatoms. The van der Waals surface area contributed by atoms with Gasteiger partial charge in [-0.2, -0.15) is 0 Å². The number of carbonyl (C=O) groups excluding carboxylic acids is 1. The van der Waals surface area contributed by atoms with Crippen molar-refractivity contribution in [3.8, 4) is 11.3 Å². The van der Waals surface area contributed by atoms with Gasteiger partial charge in [0.25, 0.3) is 6.47 Å². The minimum atomic E-state index is -0.736. The lowest BCUT2D eigenvalue weighted by molar-refractivity contribution is -0.134. The summed E-state index contributed by atoms with van der Waals surface area (Å²) < 4.78 is 20.4. The first-order valence-corrected chi connectivity index (χ1v) is 10.2. The quantitative estimate of drug-likeness (QED) is 0.321. The zero-order chi connectivity index (χ0) is 21.8. The molecule has 156 valence electrons. The Morgan fingerprint density at radius 3 is 2.45 bits per heavy atom. The number of aromatic amines is 1. The fraction of sp³-hybridized carbons (Fsp3) is 0.0833. The van der Waals surface area contributed by atoms with Crippen LogP contribution in [0.3, 0.4) is 0 Å². The highest BCUT2D eigenvalue weighted by Gasteiger charge is 2.32. The number of carbonyl (C=O) groups is 1. The molecule has 1 aromatic heterocycles. The molecule has 1 N–H and O–H groups in total. The van der Waals surface area contributed by atoms with Crippen molar-refractivity contribution < 1.29 is 13.9 Å². The second-order valence-corrected chi connectivity index (χ2v) is 7.71. The summed E-state index contributed by atoms with van der Waals surface area (Å²) in [5, 5.41) is 0.507. The number of imidazole rings is 1. The highest BCUT2D eigenvalue weighted by atomic mass is 35.5. The summed E-state index contributed by atoms with van der Waals surface area (Å²) in [6, 6.07) is 21.3. The molecule has 31 heavy (non-hydrogen) atoms. The van der Waals surface area contributed by atoms with Crippen LogP contribution in [0.15, 0.2) is 79.1 Å². The molecule has 0 aliphatic carbocycles. The number of benzene rings is 3. The maximum Gasteiger partial charge on any atom is 0.293 e. The molecule has 0 fully saturated rings. The zero-order valence-electron chi connectivity index (χ0n) is 16.1. The number of H-pyrrole nitrogens is 1. The molecule has 0 saturated heterocycles. The van der Waals surface area contributed by atoms with E-state index in [9.17, 15) is 9.18 Å². The van der Waals surface area contributed by atoms with Crippen molar-refractivity contribution in [2.45, 2.75) is 12.0 Å². The lowest BCUT2D eigenvalue weighted by Crippen LogP contribution is -2.17. The minimum Gasteiger partial charge on any atom is -0.459 e. The lowest BCUT2D eigenvalue weighted by atomic mass is 9.84. The largest absolute Gasteiger partial charge is 0.459 e. The summed E-state index contributed by atoms with van der Waals surface area (Å²) in [5.74, 6) is -1.08. The number of rotatable bonds is 7. The average Bonchev–Trinajstić information content (AvgIpc) is 3.25. The number of nitrogens with zero attached hydrogens (tertiary/aromatic N) is 1. The molecular formula is C24H17Cl2FN2O2. The van der Waals surface area contributed by atoms with E-state index in [4.69, 9.17) is 27.9 Å². The second kappa shape index (κ2) is 9.33. The van der Waals surface area contributed by atoms with Crippen molar-refractivity contribution in [2.24, 2.45) is 0 Å². The molecule has 0 aliphatic rings. The normalized spacial score (nSPS) is 12.9. The van der Waals surface area contributed by atoms with Crippen LogP contribution in [0.2, 0.25) is 10.0 Å². The fourth-order valence-electron chi connectivity index (χ4n) is 3.69. The Bertz CT molecular complexity index is 1200. The number of hydrogen-bond donors (Lipinski definition) is 1. The Labute approximate surface area is 188 Å². The van der Waals surface area contributed by atoms with E-state index in [1.807, 2.05) is 36.4 Å². The molecule has 4 nitrogen and oxygen atoms in total. The molecule has 3 aromatic carbocycles. The van der Waals surface area contributed by atoms with Gasteiger partial charge in [-0.25, -0.2) is 9.37 Å². The van der Waals surface area contributed by atoms with Gasteiger partial charge in [-0.15, -0.1) is 0 Å². The van der Waals surface area contributed by atoms with Crippen molar-refractivity contribution in [1.82, 2.24) is 9.97 Å². The monoisotopic (exact) mass is 454 g/mol. The number of hydrogen-bond acceptors (Lipinski definition) is 3. The van der Waals surface area contributed by atoms with Crippen LogP contribution in [0.5, 0.6) is 0 Å². The van der Waals surface area contributed by atoms with Gasteiger partial charge in [0.1, 0.15) is 6.10 Å². The van der Waals surface area contributed by atoms with Gasteiger partial charge in [-0.1, -0.05) is 71.7 Å². The van der Waals surface area contributed by atoms with Crippen LogP contribution in [0.1, 0.15) is 28.8 Å². The molecule has 4 aromatic rings. The van der Waals surface area contributed by atoms with E-state index in [1.165, 1.54) is 12.4 Å². The van der Waals surface area contributed by atoms with Crippen molar-refractivity contribution in [1.29, 1.82) is 0 Å². The Hall–Kier alpha value is -3.15. The molecule has 0 saturated carbocycles. The van der Waals surface area contributed by atoms with Gasteiger partial charge in [0, 0.05) is 10.6 Å². The highest BCUT2D eigenvalue weighted by Crippen LogP contribution is 2.42. The molecule has 0 spiro atoms. The summed E-state index contributed by atoms with van der Waals surface area (Å²) in [6.45, 7) is 0.400. The zero-order valence-corrected chi connectivity index (χ0v) is 17.6. The molecular weight excluding hydrogens is 438 g/mol. The van der Waals surface area contributed by atoms with E-state index in [0.717, 1.165) is 5.56 Å². The van der Waals surface area contributed by atoms with Crippen LogP contribution in [0, 0.1) is 5.82 Å². The van der Waals surface area contributed by atoms with Crippen LogP contribution >= 0.6 is 23.2 Å². The van der Waals surface area contributed by atoms with Crippen LogP contribution in [0.25, 0.3) is 11.3 Å². The number of halogens is 3. The van der Waals surface area contributed by atoms with Crippen molar-refractivity contribution in [2.75, 3.05) is 0 Å². The van der Waals surface area contributed by atoms with Crippen molar-refractivity contribution in [3.05, 3.63) is 112 Å². The molecule has 1 heterocycles. The third kappa shape index (κ3) is 4.33. The number of ether oxygens (including phenoxy) is 1. The SMILES string of the molecule is O=COC(c1cccc(Cl)c1)C(c1ccccc1)c1[nH]cnc1-c1cccc(Cl)c1F. The first-order chi connectivity index (χ1) is 15.1. The molecule has 0 aliphatic heterocycles. The predicted octanol–water partition coefficient (Wildman–Crippen LogP) is 6.57. The summed E-state index contributed by atoms with van der Waals surface area (Å²) in [4.78, 5) is 19.0. The summed E-state index contributed by atoms with van der Waals surface area (Å²) >= 11 is 12.2. The Morgan fingerprint density at radius 1 is 0.968 bits per heavy atom. The molecule has 0 bridgehead atoms. The standard InChI is InChI=1S/C24H17Cl2FN2O2/c25-17-9-4-8-16(12-17)24(31-14-30)20(15-6-2-1-3-7-15)23-22(28-13-29-23)18-10-5-11-19(26)21(18)27/h1-14,20,24H,(H,28,29). The maximum absolute atomic E-state index is 14.8. The predicted molar refractivity (Wildman–Crippen MR) is 119 cm³/mol. The third-order valence-corrected chi connectivity index (χ3v) is 5.55. The smallest absolute Gasteiger partial charge is 0.293 e. The lowest BCUT2D eigenvalue weighted by Gasteiger charge is -2.27. The Balaban J connectivity index is 1.93. The van der Waals surface area contributed by atoms with Gasteiger partial charge in [0.2, 0.25) is 0 Å². The van der Waals surface area contributed by atoms with Crippen LogP contribution in [0.4, 0.5) is 4.39 Å². The second-order valence-electron chi connectivity index (χ2n) is 6.86. The van der Waals surface area contributed by atoms with E-state index in [1.54, 1.807) is 30.3 Å². The van der Waals surface area contributed by atoms with E-state index >= 15 is 0 Å². The van der Waals surface area contributed by atoms with Crippen LogP contribution in [-0.2, 0) is 9.53 Å². The Kier molecular flexibility index (Phi) is 6.35. The third-order valence-electron chi connectivity index (χ3n) is 5.03. The van der Waals surface area contributed by atoms with Gasteiger partial charge in [-0.05, 0) is 35.4 Å². The minimum absolute atomic E-state index is 0.00163.